The first-order valence-corrected chi connectivity index (χ1v) is 8.81. The van der Waals surface area contributed by atoms with Crippen LogP contribution in [-0.2, 0) is 6.42 Å². The van der Waals surface area contributed by atoms with Crippen LogP contribution in [0.25, 0.3) is 0 Å². The van der Waals surface area contributed by atoms with E-state index in [9.17, 15) is 0 Å². The van der Waals surface area contributed by atoms with Crippen molar-refractivity contribution in [2.24, 2.45) is 5.92 Å². The molecule has 0 spiro atoms. The van der Waals surface area contributed by atoms with Crippen molar-refractivity contribution in [3.8, 4) is 11.5 Å². The van der Waals surface area contributed by atoms with E-state index in [2.05, 4.69) is 41.3 Å². The summed E-state index contributed by atoms with van der Waals surface area (Å²) in [5.41, 5.74) is 2.64. The quantitative estimate of drug-likeness (QED) is 0.777. The summed E-state index contributed by atoms with van der Waals surface area (Å²) in [5.74, 6) is 2.73. The van der Waals surface area contributed by atoms with Crippen molar-refractivity contribution in [2.75, 3.05) is 32.2 Å². The maximum Gasteiger partial charge on any atom is 0.142 e. The standard InChI is InChI=1S/C21H27NO2/c1-23-19-11-9-17(10-12-19)7-8-18-13-15-22(16-14-18)20-5-3-4-6-21(20)24-2/h3-6,9-12,18H,7-8,13-16H2,1-2H3. The number of nitrogens with zero attached hydrogens (tertiary/aromatic N) is 1. The fourth-order valence-corrected chi connectivity index (χ4v) is 3.52. The van der Waals surface area contributed by atoms with Gasteiger partial charge in [0.2, 0.25) is 0 Å². The number of hydrogen-bond donors (Lipinski definition) is 0. The van der Waals surface area contributed by atoms with Crippen LogP contribution in [0.2, 0.25) is 0 Å². The highest BCUT2D eigenvalue weighted by Crippen LogP contribution is 2.32. The second kappa shape index (κ2) is 8.09. The minimum absolute atomic E-state index is 0.818. The average Bonchev–Trinajstić information content (AvgIpc) is 2.67. The van der Waals surface area contributed by atoms with Crippen LogP contribution < -0.4 is 14.4 Å². The Morgan fingerprint density at radius 3 is 2.29 bits per heavy atom. The zero-order chi connectivity index (χ0) is 16.8. The molecule has 0 unspecified atom stereocenters. The number of aryl methyl sites for hydroxylation is 1. The second-order valence-electron chi connectivity index (χ2n) is 6.49. The lowest BCUT2D eigenvalue weighted by Gasteiger charge is -2.34. The van der Waals surface area contributed by atoms with Gasteiger partial charge in [-0.25, -0.2) is 0 Å². The number of hydrogen-bond acceptors (Lipinski definition) is 3. The summed E-state index contributed by atoms with van der Waals surface area (Å²) in [6.07, 6.45) is 4.94. The van der Waals surface area contributed by atoms with Gasteiger partial charge in [-0.05, 0) is 61.4 Å². The lowest BCUT2D eigenvalue weighted by Crippen LogP contribution is -2.34. The first-order chi connectivity index (χ1) is 11.8. The van der Waals surface area contributed by atoms with Gasteiger partial charge >= 0.3 is 0 Å². The maximum atomic E-state index is 5.50. The van der Waals surface area contributed by atoms with Gasteiger partial charge in [0, 0.05) is 13.1 Å². The van der Waals surface area contributed by atoms with Gasteiger partial charge in [0.15, 0.2) is 0 Å². The lowest BCUT2D eigenvalue weighted by atomic mass is 9.90. The first kappa shape index (κ1) is 16.7. The van der Waals surface area contributed by atoms with Crippen LogP contribution in [0.3, 0.4) is 0 Å². The Balaban J connectivity index is 1.49. The van der Waals surface area contributed by atoms with Crippen LogP contribution in [-0.4, -0.2) is 27.3 Å². The molecule has 2 aromatic carbocycles. The predicted molar refractivity (Wildman–Crippen MR) is 99.2 cm³/mol. The van der Waals surface area contributed by atoms with Crippen LogP contribution in [0.15, 0.2) is 48.5 Å². The molecule has 1 aliphatic rings. The van der Waals surface area contributed by atoms with Crippen LogP contribution in [0, 0.1) is 5.92 Å². The molecule has 128 valence electrons. The van der Waals surface area contributed by atoms with Crippen molar-refractivity contribution in [1.29, 1.82) is 0 Å². The summed E-state index contributed by atoms with van der Waals surface area (Å²) in [4.78, 5) is 2.46. The monoisotopic (exact) mass is 325 g/mol. The smallest absolute Gasteiger partial charge is 0.142 e. The normalized spacial score (nSPS) is 15.3. The van der Waals surface area contributed by atoms with Gasteiger partial charge in [0.25, 0.3) is 0 Å². The lowest BCUT2D eigenvalue weighted by molar-refractivity contribution is 0.375. The molecule has 0 amide bonds. The molecule has 24 heavy (non-hydrogen) atoms. The molecule has 3 heteroatoms. The maximum absolute atomic E-state index is 5.50. The molecule has 0 atom stereocenters. The minimum Gasteiger partial charge on any atom is -0.497 e. The molecule has 0 N–H and O–H groups in total. The van der Waals surface area contributed by atoms with E-state index in [4.69, 9.17) is 9.47 Å². The third-order valence-corrected chi connectivity index (χ3v) is 5.04. The molecular formula is C21H27NO2. The minimum atomic E-state index is 0.818. The van der Waals surface area contributed by atoms with Crippen LogP contribution in [0.1, 0.15) is 24.8 Å². The average molecular weight is 325 g/mol. The third-order valence-electron chi connectivity index (χ3n) is 5.04. The van der Waals surface area contributed by atoms with Crippen molar-refractivity contribution in [1.82, 2.24) is 0 Å². The Labute approximate surface area is 145 Å². The number of piperidine rings is 1. The van der Waals surface area contributed by atoms with Crippen molar-refractivity contribution >= 4 is 5.69 Å². The van der Waals surface area contributed by atoms with E-state index in [1.165, 1.54) is 30.5 Å². The predicted octanol–water partition coefficient (Wildman–Crippen LogP) is 4.55. The van der Waals surface area contributed by atoms with Crippen molar-refractivity contribution in [3.05, 3.63) is 54.1 Å². The van der Waals surface area contributed by atoms with Crippen molar-refractivity contribution in [3.63, 3.8) is 0 Å². The van der Waals surface area contributed by atoms with E-state index in [-0.39, 0.29) is 0 Å². The van der Waals surface area contributed by atoms with Gasteiger partial charge in [-0.1, -0.05) is 24.3 Å². The van der Waals surface area contributed by atoms with Gasteiger partial charge in [-0.2, -0.15) is 0 Å². The number of rotatable bonds is 6. The number of benzene rings is 2. The molecule has 0 saturated carbocycles. The summed E-state index contributed by atoms with van der Waals surface area (Å²) in [6.45, 7) is 2.24. The molecule has 0 aromatic heterocycles. The molecule has 1 fully saturated rings. The van der Waals surface area contributed by atoms with E-state index >= 15 is 0 Å². The summed E-state index contributed by atoms with van der Waals surface area (Å²) < 4.78 is 10.7. The Kier molecular flexibility index (Phi) is 5.63. The van der Waals surface area contributed by atoms with E-state index in [0.717, 1.165) is 36.9 Å². The number of methoxy groups -OCH3 is 2. The topological polar surface area (TPSA) is 21.7 Å². The zero-order valence-corrected chi connectivity index (χ0v) is 14.7. The molecule has 0 bridgehead atoms. The molecule has 1 heterocycles. The summed E-state index contributed by atoms with van der Waals surface area (Å²) in [7, 11) is 3.46. The fourth-order valence-electron chi connectivity index (χ4n) is 3.52. The van der Waals surface area contributed by atoms with Crippen LogP contribution >= 0.6 is 0 Å². The Hall–Kier alpha value is -2.16. The zero-order valence-electron chi connectivity index (χ0n) is 14.7. The largest absolute Gasteiger partial charge is 0.497 e. The highest BCUT2D eigenvalue weighted by atomic mass is 16.5. The fraction of sp³-hybridized carbons (Fsp3) is 0.429. The van der Waals surface area contributed by atoms with E-state index < -0.39 is 0 Å². The summed E-state index contributed by atoms with van der Waals surface area (Å²) in [5, 5.41) is 0. The van der Waals surface area contributed by atoms with E-state index in [1.807, 2.05) is 12.1 Å². The van der Waals surface area contributed by atoms with Gasteiger partial charge < -0.3 is 14.4 Å². The van der Waals surface area contributed by atoms with Crippen LogP contribution in [0.5, 0.6) is 11.5 Å². The van der Waals surface area contributed by atoms with E-state index in [0.29, 0.717) is 0 Å². The van der Waals surface area contributed by atoms with Gasteiger partial charge in [0.1, 0.15) is 11.5 Å². The third kappa shape index (κ3) is 4.02. The molecule has 1 saturated heterocycles. The van der Waals surface area contributed by atoms with Gasteiger partial charge in [-0.3, -0.25) is 0 Å². The molecular weight excluding hydrogens is 298 g/mol. The summed E-state index contributed by atoms with van der Waals surface area (Å²) in [6, 6.07) is 16.8. The first-order valence-electron chi connectivity index (χ1n) is 8.81. The number of ether oxygens (including phenoxy) is 2. The molecule has 1 aliphatic heterocycles. The highest BCUT2D eigenvalue weighted by Gasteiger charge is 2.21. The number of para-hydroxylation sites is 2. The molecule has 3 rings (SSSR count). The summed E-state index contributed by atoms with van der Waals surface area (Å²) >= 11 is 0. The van der Waals surface area contributed by atoms with Crippen LogP contribution in [0.4, 0.5) is 5.69 Å². The Bertz CT molecular complexity index is 631. The Morgan fingerprint density at radius 1 is 0.917 bits per heavy atom. The van der Waals surface area contributed by atoms with Crippen molar-refractivity contribution < 1.29 is 9.47 Å². The molecule has 0 radical (unpaired) electrons. The Morgan fingerprint density at radius 2 is 1.62 bits per heavy atom. The number of anilines is 1. The van der Waals surface area contributed by atoms with Gasteiger partial charge in [0.05, 0.1) is 19.9 Å². The molecule has 3 nitrogen and oxygen atoms in total. The highest BCUT2D eigenvalue weighted by molar-refractivity contribution is 5.58. The molecule has 2 aromatic rings. The van der Waals surface area contributed by atoms with Crippen molar-refractivity contribution in [2.45, 2.75) is 25.7 Å². The SMILES string of the molecule is COc1ccc(CCC2CCN(c3ccccc3OC)CC2)cc1. The second-order valence-corrected chi connectivity index (χ2v) is 6.49. The van der Waals surface area contributed by atoms with Gasteiger partial charge in [-0.15, -0.1) is 0 Å². The molecule has 0 aliphatic carbocycles. The van der Waals surface area contributed by atoms with E-state index in [1.54, 1.807) is 14.2 Å².